The fraction of sp³-hybridized carbons (Fsp3) is 0.480. The quantitative estimate of drug-likeness (QED) is 0.432. The van der Waals surface area contributed by atoms with Gasteiger partial charge in [0.1, 0.15) is 6.04 Å². The van der Waals surface area contributed by atoms with Crippen molar-refractivity contribution < 1.29 is 36.2 Å². The zero-order valence-electron chi connectivity index (χ0n) is 18.8. The number of hydrogen-bond donors (Lipinski definition) is 2. The Balaban J connectivity index is 2.01. The van der Waals surface area contributed by atoms with E-state index in [9.17, 15) is 36.2 Å². The van der Waals surface area contributed by atoms with E-state index in [0.717, 1.165) is 12.1 Å². The van der Waals surface area contributed by atoms with Crippen molar-refractivity contribution in [2.45, 2.75) is 63.3 Å². The molecule has 1 saturated heterocycles. The van der Waals surface area contributed by atoms with E-state index in [4.69, 9.17) is 0 Å². The summed E-state index contributed by atoms with van der Waals surface area (Å²) in [5.74, 6) is -2.07. The van der Waals surface area contributed by atoms with Crippen molar-refractivity contribution >= 4 is 5.97 Å². The minimum absolute atomic E-state index is 0.0714. The molecule has 0 spiro atoms. The van der Waals surface area contributed by atoms with Crippen LogP contribution in [0.15, 0.2) is 42.5 Å². The summed E-state index contributed by atoms with van der Waals surface area (Å²) in [6.07, 6.45) is -8.33. The third kappa shape index (κ3) is 6.31. The van der Waals surface area contributed by atoms with E-state index in [-0.39, 0.29) is 31.2 Å². The first-order chi connectivity index (χ1) is 15.8. The summed E-state index contributed by atoms with van der Waals surface area (Å²) in [4.78, 5) is 12.0. The van der Waals surface area contributed by atoms with Gasteiger partial charge in [-0.25, -0.2) is 0 Å². The lowest BCUT2D eigenvalue weighted by atomic mass is 9.82. The molecule has 1 aliphatic rings. The summed E-state index contributed by atoms with van der Waals surface area (Å²) in [5, 5.41) is 12.4. The van der Waals surface area contributed by atoms with Gasteiger partial charge in [0.25, 0.3) is 0 Å². The summed E-state index contributed by atoms with van der Waals surface area (Å²) in [7, 11) is 0. The Kier molecular flexibility index (Phi) is 7.65. The van der Waals surface area contributed by atoms with Gasteiger partial charge in [0.2, 0.25) is 0 Å². The van der Waals surface area contributed by atoms with Crippen molar-refractivity contribution in [3.63, 3.8) is 0 Å². The van der Waals surface area contributed by atoms with Crippen molar-refractivity contribution in [2.75, 3.05) is 6.54 Å². The molecule has 2 N–H and O–H groups in total. The summed E-state index contributed by atoms with van der Waals surface area (Å²) >= 11 is 0. The molecule has 186 valence electrons. The summed E-state index contributed by atoms with van der Waals surface area (Å²) in [6.45, 7) is 3.85. The van der Waals surface area contributed by atoms with Crippen molar-refractivity contribution in [3.05, 3.63) is 59.2 Å². The molecule has 2 unspecified atom stereocenters. The van der Waals surface area contributed by atoms with E-state index in [1.165, 1.54) is 12.1 Å². The van der Waals surface area contributed by atoms with Crippen LogP contribution >= 0.6 is 0 Å². The molecule has 0 radical (unpaired) electrons. The number of carbonyl (C=O) groups is 1. The SMILES string of the molecule is CC(C)CC(C(=O)O)c1cc(-c2ccc(C(F)(F)F)cc2)cc(C2CC[C@@H](C(F)(F)F)NC2)c1. The van der Waals surface area contributed by atoms with Crippen molar-refractivity contribution in [2.24, 2.45) is 5.92 Å². The number of piperidine rings is 1. The molecule has 0 aliphatic carbocycles. The third-order valence-electron chi connectivity index (χ3n) is 6.21. The van der Waals surface area contributed by atoms with Crippen molar-refractivity contribution in [1.82, 2.24) is 5.32 Å². The lowest BCUT2D eigenvalue weighted by Crippen LogP contribution is -2.47. The van der Waals surface area contributed by atoms with Gasteiger partial charge >= 0.3 is 18.3 Å². The lowest BCUT2D eigenvalue weighted by Gasteiger charge is -2.32. The average molecular weight is 487 g/mol. The first-order valence-electron chi connectivity index (χ1n) is 11.1. The summed E-state index contributed by atoms with van der Waals surface area (Å²) < 4.78 is 78.1. The maximum atomic E-state index is 13.0. The molecular formula is C25H27F6NO2. The van der Waals surface area contributed by atoms with Crippen LogP contribution in [0.2, 0.25) is 0 Å². The monoisotopic (exact) mass is 487 g/mol. The maximum Gasteiger partial charge on any atom is 0.416 e. The Morgan fingerprint density at radius 2 is 1.65 bits per heavy atom. The number of alkyl halides is 6. The highest BCUT2D eigenvalue weighted by Gasteiger charge is 2.41. The first kappa shape index (κ1) is 26.1. The van der Waals surface area contributed by atoms with Crippen LogP contribution in [0.3, 0.4) is 0 Å². The van der Waals surface area contributed by atoms with Crippen LogP contribution in [0.4, 0.5) is 26.3 Å². The Morgan fingerprint density at radius 1 is 1.00 bits per heavy atom. The zero-order valence-corrected chi connectivity index (χ0v) is 18.8. The van der Waals surface area contributed by atoms with Crippen molar-refractivity contribution in [1.29, 1.82) is 0 Å². The van der Waals surface area contributed by atoms with Gasteiger partial charge in [-0.2, -0.15) is 26.3 Å². The highest BCUT2D eigenvalue weighted by atomic mass is 19.4. The highest BCUT2D eigenvalue weighted by molar-refractivity contribution is 5.77. The Hall–Kier alpha value is -2.55. The molecule has 0 saturated carbocycles. The van der Waals surface area contributed by atoms with E-state index >= 15 is 0 Å². The van der Waals surface area contributed by atoms with Gasteiger partial charge in [-0.05, 0) is 65.5 Å². The van der Waals surface area contributed by atoms with E-state index in [1.807, 2.05) is 13.8 Å². The van der Waals surface area contributed by atoms with Crippen molar-refractivity contribution in [3.8, 4) is 11.1 Å². The second-order valence-electron chi connectivity index (χ2n) is 9.26. The molecule has 3 nitrogen and oxygen atoms in total. The third-order valence-corrected chi connectivity index (χ3v) is 6.21. The summed E-state index contributed by atoms with van der Waals surface area (Å²) in [6, 6.07) is 8.08. The first-order valence-corrected chi connectivity index (χ1v) is 11.1. The Labute approximate surface area is 194 Å². The predicted octanol–water partition coefficient (Wildman–Crippen LogP) is 6.98. The lowest BCUT2D eigenvalue weighted by molar-refractivity contribution is -0.160. The number of halogens is 6. The molecule has 3 atom stereocenters. The van der Waals surface area contributed by atoms with Gasteiger partial charge in [0.05, 0.1) is 11.5 Å². The van der Waals surface area contributed by atoms with Crippen LogP contribution in [0.5, 0.6) is 0 Å². The number of benzene rings is 2. The largest absolute Gasteiger partial charge is 0.481 e. The molecule has 1 heterocycles. The van der Waals surface area contributed by atoms with Gasteiger partial charge in [-0.1, -0.05) is 44.2 Å². The average Bonchev–Trinajstić information content (AvgIpc) is 2.76. The minimum atomic E-state index is -4.49. The van der Waals surface area contributed by atoms with Gasteiger partial charge in [-0.3, -0.25) is 4.79 Å². The molecule has 0 aromatic heterocycles. The second-order valence-corrected chi connectivity index (χ2v) is 9.26. The van der Waals surface area contributed by atoms with Gasteiger partial charge in [0.15, 0.2) is 0 Å². The van der Waals surface area contributed by atoms with Gasteiger partial charge < -0.3 is 10.4 Å². The summed E-state index contributed by atoms with van der Waals surface area (Å²) in [5.41, 5.74) is 1.38. The molecule has 2 aromatic rings. The predicted molar refractivity (Wildman–Crippen MR) is 117 cm³/mol. The number of aliphatic carboxylic acids is 1. The van der Waals surface area contributed by atoms with Crippen LogP contribution in [0, 0.1) is 5.92 Å². The molecule has 1 aliphatic heterocycles. The Morgan fingerprint density at radius 3 is 2.12 bits per heavy atom. The molecular weight excluding hydrogens is 460 g/mol. The smallest absolute Gasteiger partial charge is 0.416 e. The number of nitrogens with one attached hydrogen (secondary N) is 1. The molecule has 0 bridgehead atoms. The van der Waals surface area contributed by atoms with Crippen LogP contribution in [0.25, 0.3) is 11.1 Å². The Bertz CT molecular complexity index is 990. The van der Waals surface area contributed by atoms with Gasteiger partial charge in [-0.15, -0.1) is 0 Å². The number of hydrogen-bond acceptors (Lipinski definition) is 2. The molecule has 34 heavy (non-hydrogen) atoms. The van der Waals surface area contributed by atoms with E-state index in [2.05, 4.69) is 5.32 Å². The molecule has 0 amide bonds. The molecule has 9 heteroatoms. The number of rotatable bonds is 6. The van der Waals surface area contributed by atoms with E-state index in [1.54, 1.807) is 18.2 Å². The van der Waals surface area contributed by atoms with E-state index in [0.29, 0.717) is 28.7 Å². The van der Waals surface area contributed by atoms with Crippen LogP contribution in [-0.4, -0.2) is 29.8 Å². The van der Waals surface area contributed by atoms with Crippen LogP contribution in [0.1, 0.15) is 61.6 Å². The minimum Gasteiger partial charge on any atom is -0.481 e. The van der Waals surface area contributed by atoms with Gasteiger partial charge in [0, 0.05) is 6.54 Å². The highest BCUT2D eigenvalue weighted by Crippen LogP contribution is 2.37. The van der Waals surface area contributed by atoms with E-state index < -0.39 is 35.8 Å². The molecule has 1 fully saturated rings. The topological polar surface area (TPSA) is 49.3 Å². The second kappa shape index (κ2) is 9.98. The fourth-order valence-corrected chi connectivity index (χ4v) is 4.40. The molecule has 2 aromatic carbocycles. The molecule has 3 rings (SSSR count). The normalized spacial score (nSPS) is 20.4. The fourth-order valence-electron chi connectivity index (χ4n) is 4.40. The number of carboxylic acids is 1. The maximum absolute atomic E-state index is 13.0. The van der Waals surface area contributed by atoms with Crippen LogP contribution in [-0.2, 0) is 11.0 Å². The number of carboxylic acid groups (broad SMARTS) is 1. The standard InChI is InChI=1S/C25H27F6NO2/c1-14(2)9-21(23(33)34)19-11-17(15-3-6-20(7-4-15)24(26,27)28)10-18(12-19)16-5-8-22(32-13-16)25(29,30)31/h3-4,6-7,10-12,14,16,21-22,32H,5,8-9,13H2,1-2H3,(H,33,34)/t16?,21?,22-/m0/s1. The van der Waals surface area contributed by atoms with Crippen LogP contribution < -0.4 is 5.32 Å². The zero-order chi connectivity index (χ0) is 25.3.